The van der Waals surface area contributed by atoms with Crippen LogP contribution >= 0.6 is 0 Å². The Morgan fingerprint density at radius 1 is 1.30 bits per heavy atom. The molecule has 1 unspecified atom stereocenters. The van der Waals surface area contributed by atoms with Crippen molar-refractivity contribution in [2.45, 2.75) is 19.4 Å². The highest BCUT2D eigenvalue weighted by Gasteiger charge is 2.29. The SMILES string of the molecule is COC(=O)C1CCCN(C(=O)c2ccc(CNC(N)=O)cc2)C1. The number of nitrogens with two attached hydrogens (primary N) is 1. The van der Waals surface area contributed by atoms with Gasteiger partial charge in [-0.1, -0.05) is 12.1 Å². The van der Waals surface area contributed by atoms with Crippen molar-refractivity contribution in [3.8, 4) is 0 Å². The topological polar surface area (TPSA) is 102 Å². The maximum Gasteiger partial charge on any atom is 0.312 e. The molecule has 1 aliphatic heterocycles. The number of nitrogens with zero attached hydrogens (tertiary/aromatic N) is 1. The van der Waals surface area contributed by atoms with E-state index in [0.717, 1.165) is 18.4 Å². The zero-order chi connectivity index (χ0) is 16.8. The van der Waals surface area contributed by atoms with E-state index >= 15 is 0 Å². The van der Waals surface area contributed by atoms with Crippen molar-refractivity contribution in [3.63, 3.8) is 0 Å². The summed E-state index contributed by atoms with van der Waals surface area (Å²) in [6.07, 6.45) is 1.53. The molecule has 0 aliphatic carbocycles. The minimum absolute atomic E-state index is 0.104. The average molecular weight is 319 g/mol. The van der Waals surface area contributed by atoms with Crippen LogP contribution in [0.4, 0.5) is 4.79 Å². The number of rotatable bonds is 4. The molecular weight excluding hydrogens is 298 g/mol. The fourth-order valence-electron chi connectivity index (χ4n) is 2.66. The summed E-state index contributed by atoms with van der Waals surface area (Å²) in [7, 11) is 1.36. The molecule has 1 fully saturated rings. The van der Waals surface area contributed by atoms with Crippen LogP contribution in [0.25, 0.3) is 0 Å². The minimum atomic E-state index is -0.590. The lowest BCUT2D eigenvalue weighted by Gasteiger charge is -2.31. The molecule has 124 valence electrons. The summed E-state index contributed by atoms with van der Waals surface area (Å²) in [4.78, 5) is 36.5. The van der Waals surface area contributed by atoms with Crippen LogP contribution < -0.4 is 11.1 Å². The highest BCUT2D eigenvalue weighted by atomic mass is 16.5. The first kappa shape index (κ1) is 16.8. The van der Waals surface area contributed by atoms with Crippen molar-refractivity contribution in [1.29, 1.82) is 0 Å². The van der Waals surface area contributed by atoms with Crippen LogP contribution in [0.15, 0.2) is 24.3 Å². The summed E-state index contributed by atoms with van der Waals surface area (Å²) in [6.45, 7) is 1.34. The molecule has 2 rings (SSSR count). The molecule has 3 N–H and O–H groups in total. The molecule has 3 amide bonds. The van der Waals surface area contributed by atoms with Crippen molar-refractivity contribution in [1.82, 2.24) is 10.2 Å². The Morgan fingerprint density at radius 3 is 2.61 bits per heavy atom. The molecule has 23 heavy (non-hydrogen) atoms. The summed E-state index contributed by atoms with van der Waals surface area (Å²) in [5.41, 5.74) is 6.42. The van der Waals surface area contributed by atoms with Crippen LogP contribution in [0.1, 0.15) is 28.8 Å². The number of urea groups is 1. The van der Waals surface area contributed by atoms with Gasteiger partial charge in [0.25, 0.3) is 5.91 Å². The first-order chi connectivity index (χ1) is 11.0. The van der Waals surface area contributed by atoms with E-state index in [4.69, 9.17) is 10.5 Å². The molecule has 0 spiro atoms. The zero-order valence-electron chi connectivity index (χ0n) is 13.1. The van der Waals surface area contributed by atoms with Crippen LogP contribution in [-0.2, 0) is 16.1 Å². The monoisotopic (exact) mass is 319 g/mol. The largest absolute Gasteiger partial charge is 0.469 e. The second-order valence-electron chi connectivity index (χ2n) is 5.53. The summed E-state index contributed by atoms with van der Waals surface area (Å²) in [5, 5.41) is 2.49. The third kappa shape index (κ3) is 4.45. The van der Waals surface area contributed by atoms with Gasteiger partial charge in [0.05, 0.1) is 13.0 Å². The highest BCUT2D eigenvalue weighted by Crippen LogP contribution is 2.20. The van der Waals surface area contributed by atoms with Gasteiger partial charge in [0, 0.05) is 25.2 Å². The van der Waals surface area contributed by atoms with E-state index in [1.807, 2.05) is 0 Å². The Kier molecular flexibility index (Phi) is 5.56. The molecule has 1 aromatic rings. The lowest BCUT2D eigenvalue weighted by Crippen LogP contribution is -2.42. The number of piperidine rings is 1. The van der Waals surface area contributed by atoms with Gasteiger partial charge in [-0.05, 0) is 30.5 Å². The normalized spacial score (nSPS) is 17.4. The van der Waals surface area contributed by atoms with Crippen molar-refractivity contribution in [3.05, 3.63) is 35.4 Å². The van der Waals surface area contributed by atoms with Crippen molar-refractivity contribution < 1.29 is 19.1 Å². The third-order valence-electron chi connectivity index (χ3n) is 3.91. The summed E-state index contributed by atoms with van der Waals surface area (Å²) >= 11 is 0. The van der Waals surface area contributed by atoms with E-state index in [1.165, 1.54) is 7.11 Å². The molecule has 1 aromatic carbocycles. The summed E-state index contributed by atoms with van der Waals surface area (Å²) in [5.74, 6) is -0.625. The van der Waals surface area contributed by atoms with Crippen LogP contribution in [0.2, 0.25) is 0 Å². The Hall–Kier alpha value is -2.57. The fraction of sp³-hybridized carbons (Fsp3) is 0.438. The van der Waals surface area contributed by atoms with E-state index in [2.05, 4.69) is 5.32 Å². The third-order valence-corrected chi connectivity index (χ3v) is 3.91. The fourth-order valence-corrected chi connectivity index (χ4v) is 2.66. The number of carbonyl (C=O) groups is 3. The lowest BCUT2D eigenvalue weighted by molar-refractivity contribution is -0.146. The number of benzene rings is 1. The number of methoxy groups -OCH3 is 1. The van der Waals surface area contributed by atoms with Gasteiger partial charge in [0.1, 0.15) is 0 Å². The van der Waals surface area contributed by atoms with Crippen molar-refractivity contribution in [2.24, 2.45) is 11.7 Å². The van der Waals surface area contributed by atoms with E-state index in [0.29, 0.717) is 25.2 Å². The number of likely N-dealkylation sites (tertiary alicyclic amines) is 1. The molecule has 0 saturated carbocycles. The quantitative estimate of drug-likeness (QED) is 0.804. The van der Waals surface area contributed by atoms with Gasteiger partial charge in [0.2, 0.25) is 0 Å². The first-order valence-corrected chi connectivity index (χ1v) is 7.50. The number of ether oxygens (including phenoxy) is 1. The highest BCUT2D eigenvalue weighted by molar-refractivity contribution is 5.94. The molecule has 0 aromatic heterocycles. The number of primary amides is 1. The molecule has 1 aliphatic rings. The smallest absolute Gasteiger partial charge is 0.312 e. The molecule has 1 saturated heterocycles. The van der Waals surface area contributed by atoms with Crippen LogP contribution in [0.3, 0.4) is 0 Å². The predicted molar refractivity (Wildman–Crippen MR) is 83.5 cm³/mol. The predicted octanol–water partition coefficient (Wildman–Crippen LogP) is 0.880. The summed E-state index contributed by atoms with van der Waals surface area (Å²) in [6, 6.07) is 6.37. The molecule has 1 atom stereocenters. The number of nitrogens with one attached hydrogen (secondary N) is 1. The van der Waals surface area contributed by atoms with E-state index < -0.39 is 6.03 Å². The van der Waals surface area contributed by atoms with Gasteiger partial charge in [0.15, 0.2) is 0 Å². The molecular formula is C16H21N3O4. The van der Waals surface area contributed by atoms with Crippen LogP contribution in [0, 0.1) is 5.92 Å². The van der Waals surface area contributed by atoms with E-state index in [9.17, 15) is 14.4 Å². The average Bonchev–Trinajstić information content (AvgIpc) is 2.59. The van der Waals surface area contributed by atoms with Crippen LogP contribution in [-0.4, -0.2) is 43.0 Å². The number of amides is 3. The Morgan fingerprint density at radius 2 is 2.00 bits per heavy atom. The zero-order valence-corrected chi connectivity index (χ0v) is 13.1. The maximum atomic E-state index is 12.5. The van der Waals surface area contributed by atoms with Gasteiger partial charge < -0.3 is 20.7 Å². The maximum absolute atomic E-state index is 12.5. The number of hydrogen-bond acceptors (Lipinski definition) is 4. The molecule has 7 heteroatoms. The van der Waals surface area contributed by atoms with E-state index in [1.54, 1.807) is 29.2 Å². The van der Waals surface area contributed by atoms with Gasteiger partial charge in [-0.25, -0.2) is 4.79 Å². The first-order valence-electron chi connectivity index (χ1n) is 7.50. The number of esters is 1. The molecule has 0 radical (unpaired) electrons. The molecule has 1 heterocycles. The van der Waals surface area contributed by atoms with Gasteiger partial charge in [-0.2, -0.15) is 0 Å². The van der Waals surface area contributed by atoms with Gasteiger partial charge >= 0.3 is 12.0 Å². The number of carbonyl (C=O) groups excluding carboxylic acids is 3. The van der Waals surface area contributed by atoms with Gasteiger partial charge in [-0.3, -0.25) is 9.59 Å². The van der Waals surface area contributed by atoms with Gasteiger partial charge in [-0.15, -0.1) is 0 Å². The lowest BCUT2D eigenvalue weighted by atomic mass is 9.97. The standard InChI is InChI=1S/C16H21N3O4/c1-23-15(21)13-3-2-8-19(10-13)14(20)12-6-4-11(5-7-12)9-18-16(17)22/h4-7,13H,2-3,8-10H2,1H3,(H3,17,18,22). The summed E-state index contributed by atoms with van der Waals surface area (Å²) < 4.78 is 4.76. The van der Waals surface area contributed by atoms with E-state index in [-0.39, 0.29) is 17.8 Å². The Labute approximate surface area is 134 Å². The van der Waals surface area contributed by atoms with Crippen LogP contribution in [0.5, 0.6) is 0 Å². The minimum Gasteiger partial charge on any atom is -0.469 e. The van der Waals surface area contributed by atoms with Crippen molar-refractivity contribution in [2.75, 3.05) is 20.2 Å². The van der Waals surface area contributed by atoms with Crippen molar-refractivity contribution >= 4 is 17.9 Å². The second kappa shape index (κ2) is 7.62. The Bertz CT molecular complexity index is 585. The molecule has 7 nitrogen and oxygen atoms in total. The second-order valence-corrected chi connectivity index (χ2v) is 5.53. The molecule has 0 bridgehead atoms. The Balaban J connectivity index is 1.99. The number of hydrogen-bond donors (Lipinski definition) is 2.